The van der Waals surface area contributed by atoms with Gasteiger partial charge in [0.1, 0.15) is 0 Å². The van der Waals surface area contributed by atoms with Gasteiger partial charge in [-0.1, -0.05) is 17.4 Å². The number of hydrogen-bond donors (Lipinski definition) is 0. The lowest BCUT2D eigenvalue weighted by atomic mass is 10.2. The summed E-state index contributed by atoms with van der Waals surface area (Å²) in [6, 6.07) is 6.77. The first kappa shape index (κ1) is 8.93. The maximum Gasteiger partial charge on any atom is 0.0277 e. The SMILES string of the molecule is Cc1ccc2c(c1)SP(C)CS2. The van der Waals surface area contributed by atoms with Gasteiger partial charge in [0.25, 0.3) is 0 Å². The van der Waals surface area contributed by atoms with E-state index in [1.807, 2.05) is 11.8 Å². The van der Waals surface area contributed by atoms with Crippen LogP contribution in [0.4, 0.5) is 0 Å². The summed E-state index contributed by atoms with van der Waals surface area (Å²) in [4.78, 5) is 2.98. The number of benzene rings is 1. The van der Waals surface area contributed by atoms with Gasteiger partial charge in [0.2, 0.25) is 0 Å². The molecule has 0 N–H and O–H groups in total. The molecule has 1 aliphatic heterocycles. The predicted molar refractivity (Wildman–Crippen MR) is 60.6 cm³/mol. The molecule has 0 aliphatic carbocycles. The van der Waals surface area contributed by atoms with Crippen LogP contribution in [0.5, 0.6) is 0 Å². The quantitative estimate of drug-likeness (QED) is 0.594. The first-order valence-corrected chi connectivity index (χ1v) is 8.26. The molecule has 1 aliphatic rings. The summed E-state index contributed by atoms with van der Waals surface area (Å²) >= 11 is 4.08. The summed E-state index contributed by atoms with van der Waals surface area (Å²) in [6.45, 7) is 4.52. The van der Waals surface area contributed by atoms with E-state index < -0.39 is 0 Å². The molecular weight excluding hydrogens is 203 g/mol. The minimum atomic E-state index is 0.189. The zero-order valence-corrected chi connectivity index (χ0v) is 9.73. The largest absolute Gasteiger partial charge is 0.119 e. The summed E-state index contributed by atoms with van der Waals surface area (Å²) in [5.41, 5.74) is 2.70. The van der Waals surface area contributed by atoms with Crippen molar-refractivity contribution in [1.82, 2.24) is 0 Å². The molecule has 0 aromatic heterocycles. The van der Waals surface area contributed by atoms with Gasteiger partial charge in [-0.15, -0.1) is 11.8 Å². The van der Waals surface area contributed by atoms with Gasteiger partial charge in [-0.3, -0.25) is 0 Å². The fourth-order valence-corrected chi connectivity index (χ4v) is 6.65. The zero-order valence-electron chi connectivity index (χ0n) is 7.20. The minimum absolute atomic E-state index is 0.189. The minimum Gasteiger partial charge on any atom is -0.119 e. The summed E-state index contributed by atoms with van der Waals surface area (Å²) < 4.78 is 0. The fourth-order valence-electron chi connectivity index (χ4n) is 1.16. The lowest BCUT2D eigenvalue weighted by Gasteiger charge is -2.20. The molecule has 0 saturated carbocycles. The molecular formula is C9H11PS2. The number of fused-ring (bicyclic) bond motifs is 1. The highest BCUT2D eigenvalue weighted by atomic mass is 32.7. The predicted octanol–water partition coefficient (Wildman–Crippen LogP) is 4.18. The molecule has 1 aromatic rings. The Labute approximate surface area is 83.0 Å². The van der Waals surface area contributed by atoms with Crippen molar-refractivity contribution >= 4 is 30.3 Å². The van der Waals surface area contributed by atoms with Crippen LogP contribution in [-0.4, -0.2) is 12.2 Å². The molecule has 0 spiro atoms. The molecule has 1 atom stereocenters. The Bertz CT molecular complexity index is 299. The van der Waals surface area contributed by atoms with Gasteiger partial charge in [-0.25, -0.2) is 0 Å². The van der Waals surface area contributed by atoms with Crippen molar-refractivity contribution in [3.8, 4) is 0 Å². The Morgan fingerprint density at radius 1 is 1.33 bits per heavy atom. The summed E-state index contributed by atoms with van der Waals surface area (Å²) in [6.07, 6.45) is 0. The van der Waals surface area contributed by atoms with Crippen LogP contribution in [-0.2, 0) is 0 Å². The van der Waals surface area contributed by atoms with Crippen LogP contribution in [0.25, 0.3) is 0 Å². The Morgan fingerprint density at radius 2 is 2.17 bits per heavy atom. The molecule has 0 saturated heterocycles. The van der Waals surface area contributed by atoms with Crippen LogP contribution >= 0.6 is 30.3 Å². The number of aryl methyl sites for hydroxylation is 1. The molecule has 2 rings (SSSR count). The van der Waals surface area contributed by atoms with E-state index in [0.717, 1.165) is 0 Å². The Balaban J connectivity index is 2.37. The highest BCUT2D eigenvalue weighted by molar-refractivity contribution is 8.57. The highest BCUT2D eigenvalue weighted by Gasteiger charge is 2.15. The molecule has 1 unspecified atom stereocenters. The van der Waals surface area contributed by atoms with E-state index in [4.69, 9.17) is 0 Å². The monoisotopic (exact) mass is 214 g/mol. The van der Waals surface area contributed by atoms with Crippen LogP contribution in [0.15, 0.2) is 28.0 Å². The Kier molecular flexibility index (Phi) is 2.69. The average Bonchev–Trinajstić information content (AvgIpc) is 2.03. The number of hydrogen-bond acceptors (Lipinski definition) is 2. The van der Waals surface area contributed by atoms with E-state index in [2.05, 4.69) is 43.2 Å². The smallest absolute Gasteiger partial charge is 0.0277 e. The van der Waals surface area contributed by atoms with Gasteiger partial charge in [0.05, 0.1) is 0 Å². The van der Waals surface area contributed by atoms with Gasteiger partial charge in [0, 0.05) is 15.3 Å². The van der Waals surface area contributed by atoms with Gasteiger partial charge in [0.15, 0.2) is 0 Å². The summed E-state index contributed by atoms with van der Waals surface area (Å²) in [7, 11) is 0.189. The van der Waals surface area contributed by atoms with E-state index in [1.165, 1.54) is 20.8 Å². The standard InChI is InChI=1S/C9H11PS2/c1-7-3-4-8-9(5-7)12-10(2)6-11-8/h3-5H,6H2,1-2H3. The fraction of sp³-hybridized carbons (Fsp3) is 0.333. The third kappa shape index (κ3) is 1.81. The van der Waals surface area contributed by atoms with Crippen molar-refractivity contribution in [3.63, 3.8) is 0 Å². The Hall–Kier alpha value is 0.350. The van der Waals surface area contributed by atoms with Gasteiger partial charge in [-0.2, -0.15) is 0 Å². The third-order valence-corrected chi connectivity index (χ3v) is 7.84. The summed E-state index contributed by atoms with van der Waals surface area (Å²) in [5.74, 6) is 0. The maximum absolute atomic E-state index is 2.36. The molecule has 1 heterocycles. The highest BCUT2D eigenvalue weighted by Crippen LogP contribution is 2.60. The normalized spacial score (nSPS) is 22.0. The third-order valence-electron chi connectivity index (χ3n) is 1.76. The number of rotatable bonds is 0. The lowest BCUT2D eigenvalue weighted by Crippen LogP contribution is -1.87. The van der Waals surface area contributed by atoms with Crippen molar-refractivity contribution < 1.29 is 0 Å². The topological polar surface area (TPSA) is 0 Å². The second kappa shape index (κ2) is 3.61. The van der Waals surface area contributed by atoms with E-state index in [9.17, 15) is 0 Å². The second-order valence-electron chi connectivity index (χ2n) is 2.94. The van der Waals surface area contributed by atoms with Gasteiger partial charge >= 0.3 is 0 Å². The zero-order chi connectivity index (χ0) is 8.55. The molecule has 64 valence electrons. The average molecular weight is 214 g/mol. The van der Waals surface area contributed by atoms with Gasteiger partial charge < -0.3 is 0 Å². The van der Waals surface area contributed by atoms with Crippen LogP contribution in [0, 0.1) is 6.92 Å². The van der Waals surface area contributed by atoms with Crippen molar-refractivity contribution in [2.45, 2.75) is 16.7 Å². The Morgan fingerprint density at radius 3 is 3.00 bits per heavy atom. The number of thioether (sulfide) groups is 1. The van der Waals surface area contributed by atoms with Crippen molar-refractivity contribution in [2.24, 2.45) is 0 Å². The van der Waals surface area contributed by atoms with Crippen molar-refractivity contribution in [3.05, 3.63) is 23.8 Å². The molecule has 0 radical (unpaired) electrons. The molecule has 12 heavy (non-hydrogen) atoms. The first-order valence-electron chi connectivity index (χ1n) is 3.88. The summed E-state index contributed by atoms with van der Waals surface area (Å²) in [5, 5.41) is 0. The van der Waals surface area contributed by atoms with Crippen LogP contribution in [0.3, 0.4) is 0 Å². The maximum atomic E-state index is 2.36. The van der Waals surface area contributed by atoms with Crippen molar-refractivity contribution in [1.29, 1.82) is 0 Å². The van der Waals surface area contributed by atoms with E-state index in [-0.39, 0.29) is 7.12 Å². The second-order valence-corrected chi connectivity index (χ2v) is 9.00. The molecule has 3 heteroatoms. The van der Waals surface area contributed by atoms with Crippen LogP contribution in [0.2, 0.25) is 0 Å². The molecule has 0 amide bonds. The van der Waals surface area contributed by atoms with Crippen molar-refractivity contribution in [2.75, 3.05) is 12.2 Å². The van der Waals surface area contributed by atoms with E-state index in [0.29, 0.717) is 0 Å². The van der Waals surface area contributed by atoms with E-state index >= 15 is 0 Å². The molecule has 1 aromatic carbocycles. The molecule has 0 bridgehead atoms. The molecule has 0 fully saturated rings. The van der Waals surface area contributed by atoms with Crippen LogP contribution < -0.4 is 0 Å². The lowest BCUT2D eigenvalue weighted by molar-refractivity contribution is 1.22. The molecule has 0 nitrogen and oxygen atoms in total. The van der Waals surface area contributed by atoms with Gasteiger partial charge in [-0.05, 0) is 38.4 Å². The first-order chi connectivity index (χ1) is 5.75. The van der Waals surface area contributed by atoms with E-state index in [1.54, 1.807) is 0 Å². The van der Waals surface area contributed by atoms with Crippen LogP contribution in [0.1, 0.15) is 5.56 Å².